The van der Waals surface area contributed by atoms with Crippen LogP contribution in [0.5, 0.6) is 0 Å². The number of nitrogens with two attached hydrogens (primary N) is 2. The van der Waals surface area contributed by atoms with E-state index in [2.05, 4.69) is 0 Å². The van der Waals surface area contributed by atoms with Crippen LogP contribution in [-0.4, -0.2) is 18.6 Å². The maximum Gasteiger partial charge on any atom is 0.323 e. The molecule has 0 amide bonds. The van der Waals surface area contributed by atoms with Gasteiger partial charge in [0.2, 0.25) is 0 Å². The number of rotatable bonds is 5. The molecule has 4 N–H and O–H groups in total. The number of ether oxygens (including phenoxy) is 1. The first-order valence-corrected chi connectivity index (χ1v) is 4.90. The molecule has 0 radical (unpaired) electrons. The smallest absolute Gasteiger partial charge is 0.323 e. The largest absolute Gasteiger partial charge is 0.460 e. The van der Waals surface area contributed by atoms with Crippen LogP contribution in [0.3, 0.4) is 0 Å². The summed E-state index contributed by atoms with van der Waals surface area (Å²) in [4.78, 5) is 11.3. The Kier molecular flexibility index (Phi) is 11.3. The molecule has 1 aromatic rings. The molecule has 0 aliphatic rings. The van der Waals surface area contributed by atoms with E-state index in [9.17, 15) is 4.79 Å². The second kappa shape index (κ2) is 10.4. The predicted molar refractivity (Wildman–Crippen MR) is 72.4 cm³/mol. The highest BCUT2D eigenvalue weighted by Gasteiger charge is 2.13. The number of carbonyl (C=O) groups is 1. The van der Waals surface area contributed by atoms with Gasteiger partial charge < -0.3 is 16.2 Å². The number of benzene rings is 1. The van der Waals surface area contributed by atoms with Crippen molar-refractivity contribution < 1.29 is 9.53 Å². The average molecular weight is 281 g/mol. The molecule has 4 nitrogen and oxygen atoms in total. The van der Waals surface area contributed by atoms with E-state index >= 15 is 0 Å². The van der Waals surface area contributed by atoms with Crippen LogP contribution < -0.4 is 11.5 Å². The van der Waals surface area contributed by atoms with Gasteiger partial charge in [-0.05, 0) is 18.5 Å². The van der Waals surface area contributed by atoms with Crippen molar-refractivity contribution in [1.29, 1.82) is 0 Å². The maximum absolute atomic E-state index is 11.3. The van der Waals surface area contributed by atoms with Gasteiger partial charge in [-0.3, -0.25) is 4.79 Å². The van der Waals surface area contributed by atoms with E-state index < -0.39 is 12.0 Å². The summed E-state index contributed by atoms with van der Waals surface area (Å²) in [7, 11) is 0. The molecule has 0 bridgehead atoms. The Labute approximate surface area is 114 Å². The lowest BCUT2D eigenvalue weighted by molar-refractivity contribution is -0.146. The lowest BCUT2D eigenvalue weighted by Gasteiger charge is -2.10. The molecule has 0 aromatic heterocycles. The summed E-state index contributed by atoms with van der Waals surface area (Å²) < 4.78 is 5.02. The van der Waals surface area contributed by atoms with E-state index in [1.54, 1.807) is 0 Å². The van der Waals surface area contributed by atoms with Crippen molar-refractivity contribution in [3.63, 3.8) is 0 Å². The lowest BCUT2D eigenvalue weighted by atomic mass is 10.2. The number of esters is 1. The molecule has 17 heavy (non-hydrogen) atoms. The molecule has 1 rings (SSSR count). The van der Waals surface area contributed by atoms with Gasteiger partial charge in [0, 0.05) is 0 Å². The van der Waals surface area contributed by atoms with Crippen LogP contribution >= 0.6 is 24.8 Å². The SMILES string of the molecule is Cl.Cl.NCC[C@H](N)C(=O)OCc1ccccc1. The molecule has 0 aliphatic carbocycles. The van der Waals surface area contributed by atoms with Gasteiger partial charge in [0.05, 0.1) is 0 Å². The quantitative estimate of drug-likeness (QED) is 0.796. The van der Waals surface area contributed by atoms with Crippen molar-refractivity contribution in [3.8, 4) is 0 Å². The van der Waals surface area contributed by atoms with Gasteiger partial charge in [0.1, 0.15) is 12.6 Å². The fourth-order valence-corrected chi connectivity index (χ4v) is 1.13. The summed E-state index contributed by atoms with van der Waals surface area (Å²) in [5, 5.41) is 0. The summed E-state index contributed by atoms with van der Waals surface area (Å²) in [6.45, 7) is 0.652. The molecule has 98 valence electrons. The van der Waals surface area contributed by atoms with Gasteiger partial charge >= 0.3 is 5.97 Å². The van der Waals surface area contributed by atoms with Crippen LogP contribution in [0.2, 0.25) is 0 Å². The molecule has 0 fully saturated rings. The molecule has 1 atom stereocenters. The summed E-state index contributed by atoms with van der Waals surface area (Å²) >= 11 is 0. The minimum absolute atomic E-state index is 0. The molecule has 0 saturated heterocycles. The fourth-order valence-electron chi connectivity index (χ4n) is 1.13. The van der Waals surface area contributed by atoms with Crippen LogP contribution in [0.15, 0.2) is 30.3 Å². The monoisotopic (exact) mass is 280 g/mol. The van der Waals surface area contributed by atoms with Crippen LogP contribution in [0.25, 0.3) is 0 Å². The molecule has 0 heterocycles. The third-order valence-corrected chi connectivity index (χ3v) is 2.00. The highest BCUT2D eigenvalue weighted by molar-refractivity contribution is 5.85. The molecule has 6 heteroatoms. The Bertz CT molecular complexity index is 310. The Morgan fingerprint density at radius 1 is 1.24 bits per heavy atom. The van der Waals surface area contributed by atoms with Crippen molar-refractivity contribution in [2.75, 3.05) is 6.54 Å². The van der Waals surface area contributed by atoms with Crippen molar-refractivity contribution >= 4 is 30.8 Å². The zero-order valence-electron chi connectivity index (χ0n) is 9.37. The zero-order chi connectivity index (χ0) is 11.1. The van der Waals surface area contributed by atoms with Crippen molar-refractivity contribution in [3.05, 3.63) is 35.9 Å². The van der Waals surface area contributed by atoms with E-state index in [1.165, 1.54) is 0 Å². The Morgan fingerprint density at radius 2 is 1.82 bits per heavy atom. The molecule has 1 aromatic carbocycles. The molecule has 0 spiro atoms. The van der Waals surface area contributed by atoms with E-state index in [-0.39, 0.29) is 31.4 Å². The summed E-state index contributed by atoms with van der Waals surface area (Å²) in [5.41, 5.74) is 11.8. The van der Waals surface area contributed by atoms with Crippen LogP contribution in [-0.2, 0) is 16.1 Å². The topological polar surface area (TPSA) is 78.3 Å². The first-order valence-electron chi connectivity index (χ1n) is 4.90. The first kappa shape index (κ1) is 18.6. The van der Waals surface area contributed by atoms with Gasteiger partial charge in [-0.1, -0.05) is 30.3 Å². The van der Waals surface area contributed by atoms with Gasteiger partial charge in [0.15, 0.2) is 0 Å². The summed E-state index contributed by atoms with van der Waals surface area (Å²) in [5.74, 6) is -0.399. The van der Waals surface area contributed by atoms with E-state index in [0.29, 0.717) is 13.0 Å². The Morgan fingerprint density at radius 3 is 2.35 bits per heavy atom. The maximum atomic E-state index is 11.3. The predicted octanol–water partition coefficient (Wildman–Crippen LogP) is 1.25. The molecule has 0 saturated carbocycles. The third kappa shape index (κ3) is 7.18. The Hall–Kier alpha value is -0.810. The van der Waals surface area contributed by atoms with Crippen molar-refractivity contribution in [2.24, 2.45) is 11.5 Å². The highest BCUT2D eigenvalue weighted by Crippen LogP contribution is 2.01. The van der Waals surface area contributed by atoms with E-state index in [1.807, 2.05) is 30.3 Å². The standard InChI is InChI=1S/C11H16N2O2.2ClH/c12-7-6-10(13)11(14)15-8-9-4-2-1-3-5-9;;/h1-5,10H,6-8,12-13H2;2*1H/t10-;;/m0../s1. The molecule has 0 aliphatic heterocycles. The van der Waals surface area contributed by atoms with Gasteiger partial charge in [-0.15, -0.1) is 24.8 Å². The second-order valence-corrected chi connectivity index (χ2v) is 3.28. The molecule has 0 unspecified atom stereocenters. The number of carbonyl (C=O) groups excluding carboxylic acids is 1. The first-order chi connectivity index (χ1) is 7.24. The van der Waals surface area contributed by atoms with Gasteiger partial charge in [0.25, 0.3) is 0 Å². The zero-order valence-corrected chi connectivity index (χ0v) is 11.0. The van der Waals surface area contributed by atoms with Crippen molar-refractivity contribution in [1.82, 2.24) is 0 Å². The minimum atomic E-state index is -0.612. The second-order valence-electron chi connectivity index (χ2n) is 3.28. The summed E-state index contributed by atoms with van der Waals surface area (Å²) in [6, 6.07) is 8.86. The Balaban J connectivity index is 0. The highest BCUT2D eigenvalue weighted by atomic mass is 35.5. The minimum Gasteiger partial charge on any atom is -0.460 e. The van der Waals surface area contributed by atoms with Crippen molar-refractivity contribution in [2.45, 2.75) is 19.1 Å². The van der Waals surface area contributed by atoms with Crippen LogP contribution in [0.4, 0.5) is 0 Å². The van der Waals surface area contributed by atoms with Crippen LogP contribution in [0, 0.1) is 0 Å². The molecular weight excluding hydrogens is 263 g/mol. The fraction of sp³-hybridized carbons (Fsp3) is 0.364. The van der Waals surface area contributed by atoms with E-state index in [4.69, 9.17) is 16.2 Å². The molecular formula is C11H18Cl2N2O2. The van der Waals surface area contributed by atoms with E-state index in [0.717, 1.165) is 5.56 Å². The van der Waals surface area contributed by atoms with Gasteiger partial charge in [-0.25, -0.2) is 0 Å². The average Bonchev–Trinajstić information content (AvgIpc) is 2.27. The lowest BCUT2D eigenvalue weighted by Crippen LogP contribution is -2.34. The normalized spacial score (nSPS) is 10.7. The number of hydrogen-bond donors (Lipinski definition) is 2. The van der Waals surface area contributed by atoms with Crippen LogP contribution in [0.1, 0.15) is 12.0 Å². The third-order valence-electron chi connectivity index (χ3n) is 2.00. The van der Waals surface area contributed by atoms with Gasteiger partial charge in [-0.2, -0.15) is 0 Å². The summed E-state index contributed by atoms with van der Waals surface area (Å²) in [6.07, 6.45) is 0.452. The number of hydrogen-bond acceptors (Lipinski definition) is 4. The number of halogens is 2.